The SMILES string of the molecule is O=C(O)c1csc(-c2cccc3c2OCCC3)c1. The largest absolute Gasteiger partial charge is 0.493 e. The molecule has 0 aliphatic carbocycles. The maximum atomic E-state index is 10.9. The Balaban J connectivity index is 2.08. The lowest BCUT2D eigenvalue weighted by molar-refractivity contribution is 0.0697. The van der Waals surface area contributed by atoms with Gasteiger partial charge in [0.1, 0.15) is 5.75 Å². The summed E-state index contributed by atoms with van der Waals surface area (Å²) in [5.41, 5.74) is 2.55. The Kier molecular flexibility index (Phi) is 2.80. The number of carboxylic acids is 1. The van der Waals surface area contributed by atoms with Crippen molar-refractivity contribution in [2.75, 3.05) is 6.61 Å². The first-order chi connectivity index (χ1) is 8.75. The highest BCUT2D eigenvalue weighted by atomic mass is 32.1. The number of benzene rings is 1. The van der Waals surface area contributed by atoms with E-state index in [4.69, 9.17) is 9.84 Å². The number of fused-ring (bicyclic) bond motifs is 1. The predicted octanol–water partition coefficient (Wildman–Crippen LogP) is 3.44. The van der Waals surface area contributed by atoms with Crippen LogP contribution in [0.3, 0.4) is 0 Å². The van der Waals surface area contributed by atoms with E-state index in [2.05, 4.69) is 6.07 Å². The van der Waals surface area contributed by atoms with Crippen molar-refractivity contribution in [3.05, 3.63) is 40.8 Å². The van der Waals surface area contributed by atoms with E-state index in [-0.39, 0.29) is 0 Å². The fourth-order valence-corrected chi connectivity index (χ4v) is 3.08. The van der Waals surface area contributed by atoms with Crippen molar-refractivity contribution in [1.29, 1.82) is 0 Å². The molecule has 4 heteroatoms. The van der Waals surface area contributed by atoms with Gasteiger partial charge in [0.2, 0.25) is 0 Å². The Hall–Kier alpha value is -1.81. The number of hydrogen-bond acceptors (Lipinski definition) is 3. The number of aryl methyl sites for hydroxylation is 1. The van der Waals surface area contributed by atoms with E-state index in [0.29, 0.717) is 5.56 Å². The van der Waals surface area contributed by atoms with E-state index in [1.807, 2.05) is 12.1 Å². The average molecular weight is 260 g/mol. The van der Waals surface area contributed by atoms with E-state index in [1.54, 1.807) is 11.4 Å². The Morgan fingerprint density at radius 2 is 2.28 bits per heavy atom. The van der Waals surface area contributed by atoms with Gasteiger partial charge < -0.3 is 9.84 Å². The lowest BCUT2D eigenvalue weighted by atomic mass is 10.0. The van der Waals surface area contributed by atoms with Gasteiger partial charge in [-0.3, -0.25) is 0 Å². The maximum Gasteiger partial charge on any atom is 0.336 e. The van der Waals surface area contributed by atoms with Gasteiger partial charge in [0.05, 0.1) is 12.2 Å². The maximum absolute atomic E-state index is 10.9. The zero-order valence-electron chi connectivity index (χ0n) is 9.68. The third kappa shape index (κ3) is 1.88. The minimum absolute atomic E-state index is 0.336. The number of carbonyl (C=O) groups is 1. The van der Waals surface area contributed by atoms with Crippen LogP contribution in [0.4, 0.5) is 0 Å². The summed E-state index contributed by atoms with van der Waals surface area (Å²) < 4.78 is 5.74. The molecule has 3 nitrogen and oxygen atoms in total. The van der Waals surface area contributed by atoms with E-state index >= 15 is 0 Å². The van der Waals surface area contributed by atoms with Gasteiger partial charge in [0.25, 0.3) is 0 Å². The Morgan fingerprint density at radius 3 is 3.06 bits per heavy atom. The molecule has 0 radical (unpaired) electrons. The smallest absolute Gasteiger partial charge is 0.336 e. The molecule has 3 rings (SSSR count). The first-order valence-corrected chi connectivity index (χ1v) is 6.70. The summed E-state index contributed by atoms with van der Waals surface area (Å²) in [6, 6.07) is 7.77. The molecule has 2 heterocycles. The van der Waals surface area contributed by atoms with Crippen LogP contribution in [0.2, 0.25) is 0 Å². The van der Waals surface area contributed by atoms with Crippen LogP contribution in [0.1, 0.15) is 22.3 Å². The van der Waals surface area contributed by atoms with E-state index in [9.17, 15) is 4.79 Å². The highest BCUT2D eigenvalue weighted by Crippen LogP contribution is 2.38. The average Bonchev–Trinajstić information content (AvgIpc) is 2.87. The Labute approximate surface area is 109 Å². The Bertz CT molecular complexity index is 601. The lowest BCUT2D eigenvalue weighted by Gasteiger charge is -2.19. The molecule has 1 aromatic carbocycles. The van der Waals surface area contributed by atoms with Gasteiger partial charge >= 0.3 is 5.97 Å². The van der Waals surface area contributed by atoms with Crippen molar-refractivity contribution in [3.8, 4) is 16.2 Å². The van der Waals surface area contributed by atoms with Crippen LogP contribution >= 0.6 is 11.3 Å². The molecule has 0 amide bonds. The molecule has 1 aliphatic heterocycles. The van der Waals surface area contributed by atoms with Crippen LogP contribution in [-0.2, 0) is 6.42 Å². The quantitative estimate of drug-likeness (QED) is 0.899. The summed E-state index contributed by atoms with van der Waals surface area (Å²) in [7, 11) is 0. The van der Waals surface area contributed by atoms with Gasteiger partial charge in [-0.1, -0.05) is 12.1 Å². The molecule has 0 bridgehead atoms. The molecule has 2 aromatic rings. The zero-order valence-corrected chi connectivity index (χ0v) is 10.5. The molecule has 1 aromatic heterocycles. The molecule has 0 atom stereocenters. The third-order valence-corrected chi connectivity index (χ3v) is 4.01. The molecule has 1 N–H and O–H groups in total. The molecule has 0 unspecified atom stereocenters. The molecule has 0 spiro atoms. The summed E-state index contributed by atoms with van der Waals surface area (Å²) in [6.07, 6.45) is 2.07. The van der Waals surface area contributed by atoms with Crippen molar-refractivity contribution < 1.29 is 14.6 Å². The second-order valence-corrected chi connectivity index (χ2v) is 5.16. The van der Waals surface area contributed by atoms with Crippen molar-refractivity contribution in [2.24, 2.45) is 0 Å². The molecular formula is C14H12O3S. The fourth-order valence-electron chi connectivity index (χ4n) is 2.17. The third-order valence-electron chi connectivity index (χ3n) is 3.05. The second-order valence-electron chi connectivity index (χ2n) is 4.25. The number of ether oxygens (including phenoxy) is 1. The summed E-state index contributed by atoms with van der Waals surface area (Å²) >= 11 is 1.44. The topological polar surface area (TPSA) is 46.5 Å². The van der Waals surface area contributed by atoms with Crippen molar-refractivity contribution >= 4 is 17.3 Å². The van der Waals surface area contributed by atoms with E-state index in [0.717, 1.165) is 35.6 Å². The number of aromatic carboxylic acids is 1. The van der Waals surface area contributed by atoms with E-state index < -0.39 is 5.97 Å². The normalized spacial score (nSPS) is 13.8. The van der Waals surface area contributed by atoms with Crippen LogP contribution in [0, 0.1) is 0 Å². The van der Waals surface area contributed by atoms with E-state index in [1.165, 1.54) is 16.9 Å². The summed E-state index contributed by atoms with van der Waals surface area (Å²) in [4.78, 5) is 11.9. The fraction of sp³-hybridized carbons (Fsp3) is 0.214. The van der Waals surface area contributed by atoms with Crippen LogP contribution in [0.15, 0.2) is 29.6 Å². The van der Waals surface area contributed by atoms with Crippen molar-refractivity contribution in [2.45, 2.75) is 12.8 Å². The number of para-hydroxylation sites is 1. The van der Waals surface area contributed by atoms with Gasteiger partial charge in [0, 0.05) is 15.8 Å². The van der Waals surface area contributed by atoms with Gasteiger partial charge in [0.15, 0.2) is 0 Å². The minimum Gasteiger partial charge on any atom is -0.493 e. The molecule has 0 fully saturated rings. The number of rotatable bonds is 2. The molecule has 0 saturated carbocycles. The van der Waals surface area contributed by atoms with Gasteiger partial charge in [-0.05, 0) is 30.5 Å². The Morgan fingerprint density at radius 1 is 1.39 bits per heavy atom. The molecule has 92 valence electrons. The summed E-state index contributed by atoms with van der Waals surface area (Å²) in [5.74, 6) is 0.0331. The van der Waals surface area contributed by atoms with Crippen LogP contribution in [0.5, 0.6) is 5.75 Å². The van der Waals surface area contributed by atoms with Crippen molar-refractivity contribution in [3.63, 3.8) is 0 Å². The van der Waals surface area contributed by atoms with Gasteiger partial charge in [-0.15, -0.1) is 11.3 Å². The van der Waals surface area contributed by atoms with Gasteiger partial charge in [-0.2, -0.15) is 0 Å². The van der Waals surface area contributed by atoms with Crippen molar-refractivity contribution in [1.82, 2.24) is 0 Å². The highest BCUT2D eigenvalue weighted by molar-refractivity contribution is 7.13. The lowest BCUT2D eigenvalue weighted by Crippen LogP contribution is -2.08. The number of hydrogen-bond donors (Lipinski definition) is 1. The predicted molar refractivity (Wildman–Crippen MR) is 70.5 cm³/mol. The van der Waals surface area contributed by atoms with Crippen LogP contribution < -0.4 is 4.74 Å². The number of carboxylic acid groups (broad SMARTS) is 1. The zero-order chi connectivity index (χ0) is 12.5. The monoisotopic (exact) mass is 260 g/mol. The second kappa shape index (κ2) is 4.46. The standard InChI is InChI=1S/C14H12O3S/c15-14(16)10-7-12(18-8-10)11-5-1-3-9-4-2-6-17-13(9)11/h1,3,5,7-8H,2,4,6H2,(H,15,16). The number of thiophene rings is 1. The molecule has 18 heavy (non-hydrogen) atoms. The van der Waals surface area contributed by atoms with Crippen LogP contribution in [-0.4, -0.2) is 17.7 Å². The molecule has 0 saturated heterocycles. The summed E-state index contributed by atoms with van der Waals surface area (Å²) in [5, 5.41) is 10.6. The molecule has 1 aliphatic rings. The minimum atomic E-state index is -0.886. The first kappa shape index (κ1) is 11.3. The first-order valence-electron chi connectivity index (χ1n) is 5.82. The highest BCUT2D eigenvalue weighted by Gasteiger charge is 2.17. The molecular weight excluding hydrogens is 248 g/mol. The van der Waals surface area contributed by atoms with Gasteiger partial charge in [-0.25, -0.2) is 4.79 Å². The summed E-state index contributed by atoms with van der Waals surface area (Å²) in [6.45, 7) is 0.737. The van der Waals surface area contributed by atoms with Crippen LogP contribution in [0.25, 0.3) is 10.4 Å².